The van der Waals surface area contributed by atoms with E-state index in [0.29, 0.717) is 76.2 Å². The van der Waals surface area contributed by atoms with Crippen molar-refractivity contribution in [1.29, 1.82) is 0 Å². The molecule has 104 valence electrons. The number of nitrogens with zero attached hydrogens (tertiary/aromatic N) is 1. The van der Waals surface area contributed by atoms with Crippen molar-refractivity contribution in [2.45, 2.75) is 24.9 Å². The first-order valence-electron chi connectivity index (χ1n) is 5.76. The summed E-state index contributed by atoms with van der Waals surface area (Å²) < 4.78 is 16.7. The number of ether oxygens (including phenoxy) is 1. The van der Waals surface area contributed by atoms with E-state index in [4.69, 9.17) is 39.0 Å². The summed E-state index contributed by atoms with van der Waals surface area (Å²) in [5.41, 5.74) is 6.35. The number of rotatable bonds is 5. The van der Waals surface area contributed by atoms with Crippen LogP contribution in [0.5, 0.6) is 0 Å². The van der Waals surface area contributed by atoms with E-state index in [-0.39, 0.29) is 29.4 Å². The summed E-state index contributed by atoms with van der Waals surface area (Å²) in [5, 5.41) is 3.83. The zero-order valence-corrected chi connectivity index (χ0v) is 20.9. The monoisotopic (exact) mass is 701 g/mol. The summed E-state index contributed by atoms with van der Waals surface area (Å²) in [6.45, 7) is 0.558. The van der Waals surface area contributed by atoms with Crippen LogP contribution in [0, 0.1) is 0 Å². The fraction of sp³-hybridized carbons (Fsp3) is 0.500. The molecule has 0 radical (unpaired) electrons. The second-order valence-electron chi connectivity index (χ2n) is 4.24. The average molecular weight is 701 g/mol. The van der Waals surface area contributed by atoms with Gasteiger partial charge in [-0.2, -0.15) is 0 Å². The fourth-order valence-electron chi connectivity index (χ4n) is 2.00. The molecule has 0 amide bonds. The number of hydrogen-bond donors (Lipinski definition) is 2. The van der Waals surface area contributed by atoms with Gasteiger partial charge in [-0.05, 0) is 0 Å². The standard InChI is InChI=1S/C10H11Cl2N3O3.2Tl/c11-4-1-7(12)14-10(13)9(4)15-8-2-5(17)6(3-16)18-8;;/h1,5-6,8,15H,2-3H2,(H2,13,14);;/q-2;2*+1. The van der Waals surface area contributed by atoms with Gasteiger partial charge in [-0.25, -0.2) is 0 Å². The van der Waals surface area contributed by atoms with Crippen LogP contribution in [-0.2, 0) is 10.1 Å². The topological polar surface area (TPSA) is 78.6 Å². The first-order chi connectivity index (χ1) is 9.55. The predicted molar refractivity (Wildman–Crippen MR) is 77.9 cm³/mol. The first-order valence-corrected chi connectivity index (χ1v) is 10.2. The maximum absolute atomic E-state index is 6.12. The second-order valence-corrected chi connectivity index (χ2v) is 7.39. The van der Waals surface area contributed by atoms with Crippen LogP contribution in [0.25, 0.3) is 0 Å². The van der Waals surface area contributed by atoms with Crippen molar-refractivity contribution in [1.82, 2.24) is 4.98 Å². The number of hydrogen-bond acceptors (Lipinski definition) is 6. The molecule has 1 saturated heterocycles. The Hall–Kier alpha value is 1.05. The van der Waals surface area contributed by atoms with Gasteiger partial charge in [0.1, 0.15) is 0 Å². The van der Waals surface area contributed by atoms with Crippen LogP contribution in [0.15, 0.2) is 6.07 Å². The summed E-state index contributed by atoms with van der Waals surface area (Å²) in [7, 11) is 0. The quantitative estimate of drug-likeness (QED) is 0.354. The molecule has 1 aromatic rings. The molecule has 3 atom stereocenters. The third-order valence-electron chi connectivity index (χ3n) is 2.91. The number of pyridine rings is 1. The Morgan fingerprint density at radius 2 is 2.25 bits per heavy atom. The van der Waals surface area contributed by atoms with Crippen molar-refractivity contribution >= 4 is 87.1 Å². The van der Waals surface area contributed by atoms with Crippen LogP contribution in [0.1, 0.15) is 6.42 Å². The van der Waals surface area contributed by atoms with Gasteiger partial charge in [-0.15, -0.1) is 0 Å². The van der Waals surface area contributed by atoms with Crippen molar-refractivity contribution in [3.8, 4) is 0 Å². The summed E-state index contributed by atoms with van der Waals surface area (Å²) in [5.74, 6) is 0.250. The van der Waals surface area contributed by atoms with E-state index in [9.17, 15) is 0 Å². The molecule has 0 bridgehead atoms. The van der Waals surface area contributed by atoms with Crippen molar-refractivity contribution < 1.29 is 10.1 Å². The molecule has 20 heavy (non-hydrogen) atoms. The van der Waals surface area contributed by atoms with Crippen molar-refractivity contribution in [2.75, 3.05) is 17.7 Å². The summed E-state index contributed by atoms with van der Waals surface area (Å²) in [6.07, 6.45) is 0.485. The molecule has 0 spiro atoms. The molecule has 3 N–H and O–H groups in total. The second kappa shape index (κ2) is 8.06. The molecule has 1 aromatic heterocycles. The molecule has 1 aliphatic rings. The average Bonchev–Trinajstić information content (AvgIpc) is 2.76. The number of anilines is 2. The van der Waals surface area contributed by atoms with E-state index in [1.807, 2.05) is 0 Å². The van der Waals surface area contributed by atoms with E-state index in [2.05, 4.69) is 10.3 Å². The Bertz CT molecular complexity index is 460. The minimum atomic E-state index is -0.230. The molecule has 10 heteroatoms. The van der Waals surface area contributed by atoms with E-state index < -0.39 is 0 Å². The van der Waals surface area contributed by atoms with Crippen molar-refractivity contribution in [3.05, 3.63) is 16.2 Å². The number of nitrogens with two attached hydrogens (primary N) is 1. The summed E-state index contributed by atoms with van der Waals surface area (Å²) in [4.78, 5) is 3.97. The van der Waals surface area contributed by atoms with Crippen LogP contribution in [0.3, 0.4) is 0 Å². The van der Waals surface area contributed by atoms with Crippen molar-refractivity contribution in [3.63, 3.8) is 0 Å². The van der Waals surface area contributed by atoms with Gasteiger partial charge in [0.2, 0.25) is 0 Å². The molecule has 3 unspecified atom stereocenters. The van der Waals surface area contributed by atoms with Crippen LogP contribution in [0.4, 0.5) is 11.5 Å². The summed E-state index contributed by atoms with van der Waals surface area (Å²) >= 11 is 12.8. The molecule has 2 heterocycles. The van der Waals surface area contributed by atoms with E-state index in [1.54, 1.807) is 0 Å². The summed E-state index contributed by atoms with van der Waals surface area (Å²) in [6, 6.07) is 1.54. The van der Waals surface area contributed by atoms with Gasteiger partial charge in [0.25, 0.3) is 0 Å². The predicted octanol–water partition coefficient (Wildman–Crippen LogP) is 1.07. The molecule has 1 fully saturated rings. The van der Waals surface area contributed by atoms with Gasteiger partial charge in [0.05, 0.1) is 0 Å². The first kappa shape index (κ1) is 17.4. The SMILES string of the molecule is Nc1nc(Cl)cc(Cl)c1NC1CC([O][Tl])C(C[O][Tl])O1. The normalized spacial score (nSPS) is 25.7. The third-order valence-corrected chi connectivity index (χ3v) is 5.51. The molecule has 0 aromatic carbocycles. The molecule has 1 aliphatic heterocycles. The molecule has 0 aliphatic carbocycles. The molecular weight excluding hydrogens is 690 g/mol. The number of nitrogens with one attached hydrogen (secondary N) is 1. The maximum atomic E-state index is 6.12. The molecule has 0 saturated carbocycles. The third kappa shape index (κ3) is 4.29. The Morgan fingerprint density at radius 3 is 2.85 bits per heavy atom. The number of aromatic nitrogens is 1. The van der Waals surface area contributed by atoms with Crippen molar-refractivity contribution in [2.24, 2.45) is 0 Å². The Morgan fingerprint density at radius 1 is 1.50 bits per heavy atom. The van der Waals surface area contributed by atoms with Crippen LogP contribution >= 0.6 is 23.2 Å². The Balaban J connectivity index is 2.08. The minimum absolute atomic E-state index is 0.0523. The van der Waals surface area contributed by atoms with Crippen LogP contribution in [0.2, 0.25) is 10.2 Å². The number of nitrogen functional groups attached to an aromatic ring is 1. The Kier molecular flexibility index (Phi) is 7.02. The molecule has 2 rings (SSSR count). The Labute approximate surface area is 159 Å². The van der Waals surface area contributed by atoms with Gasteiger partial charge >= 0.3 is 161 Å². The zero-order valence-electron chi connectivity index (χ0n) is 10.4. The van der Waals surface area contributed by atoms with Gasteiger partial charge in [-0.3, -0.25) is 0 Å². The van der Waals surface area contributed by atoms with Gasteiger partial charge in [-0.1, -0.05) is 0 Å². The van der Waals surface area contributed by atoms with Crippen LogP contribution < -0.4 is 11.1 Å². The van der Waals surface area contributed by atoms with Gasteiger partial charge in [0, 0.05) is 0 Å². The van der Waals surface area contributed by atoms with Gasteiger partial charge < -0.3 is 0 Å². The van der Waals surface area contributed by atoms with Gasteiger partial charge in [0.15, 0.2) is 0 Å². The van der Waals surface area contributed by atoms with E-state index in [0.717, 1.165) is 0 Å². The molecular formula is C10H11Cl2N3O3Tl2. The number of halogens is 2. The van der Waals surface area contributed by atoms with E-state index >= 15 is 0 Å². The van der Waals surface area contributed by atoms with E-state index in [1.165, 1.54) is 6.07 Å². The zero-order chi connectivity index (χ0) is 14.7. The molecule has 6 nitrogen and oxygen atoms in total. The van der Waals surface area contributed by atoms with Crippen LogP contribution in [-0.4, -0.2) is 82.5 Å². The fourth-order valence-corrected chi connectivity index (χ4v) is 4.36.